The number of carbonyl (C=O) groups excluding carboxylic acids is 1. The standard InChI is InChI=1S/C23H37NO5Si/c1-14(2)23-16-13-18(28-7)17(27-6)12-15(16)10-11-24(23)21(26)19(20(23)25)29-30(8,9)22(3,4)5/h12-14,19-20,25H,10-11H2,1-9H3/t19-,20-,23-/m1/s1. The Morgan fingerprint density at radius 3 is 2.23 bits per heavy atom. The van der Waals surface area contributed by atoms with Gasteiger partial charge in [-0.25, -0.2) is 0 Å². The first-order valence-electron chi connectivity index (χ1n) is 10.8. The van der Waals surface area contributed by atoms with Crippen LogP contribution in [-0.2, 0) is 21.2 Å². The minimum absolute atomic E-state index is 0.0124. The fourth-order valence-corrected chi connectivity index (χ4v) is 5.99. The third-order valence-corrected chi connectivity index (χ3v) is 11.9. The third kappa shape index (κ3) is 3.17. The summed E-state index contributed by atoms with van der Waals surface area (Å²) in [6, 6.07) is 3.92. The summed E-state index contributed by atoms with van der Waals surface area (Å²) in [5.41, 5.74) is 1.16. The Bertz CT molecular complexity index is 832. The van der Waals surface area contributed by atoms with Gasteiger partial charge in [-0.3, -0.25) is 4.79 Å². The first-order chi connectivity index (χ1) is 13.8. The lowest BCUT2D eigenvalue weighted by atomic mass is 9.71. The first-order valence-corrected chi connectivity index (χ1v) is 13.7. The number of ether oxygens (including phenoxy) is 2. The zero-order chi connectivity index (χ0) is 22.6. The highest BCUT2D eigenvalue weighted by atomic mass is 28.4. The maximum absolute atomic E-state index is 13.6. The lowest BCUT2D eigenvalue weighted by Crippen LogP contribution is -2.56. The molecule has 0 saturated carbocycles. The summed E-state index contributed by atoms with van der Waals surface area (Å²) in [5, 5.41) is 11.6. The Morgan fingerprint density at radius 1 is 1.17 bits per heavy atom. The number of methoxy groups -OCH3 is 2. The minimum atomic E-state index is -2.26. The van der Waals surface area contributed by atoms with E-state index in [4.69, 9.17) is 13.9 Å². The molecule has 30 heavy (non-hydrogen) atoms. The van der Waals surface area contributed by atoms with Gasteiger partial charge in [0.05, 0.1) is 19.8 Å². The number of nitrogens with zero attached hydrogens (tertiary/aromatic N) is 1. The van der Waals surface area contributed by atoms with Crippen molar-refractivity contribution in [3.05, 3.63) is 23.3 Å². The van der Waals surface area contributed by atoms with Gasteiger partial charge in [-0.05, 0) is 53.7 Å². The smallest absolute Gasteiger partial charge is 0.254 e. The van der Waals surface area contributed by atoms with E-state index in [0.29, 0.717) is 24.5 Å². The van der Waals surface area contributed by atoms with E-state index in [1.54, 1.807) is 14.2 Å². The molecule has 0 aliphatic carbocycles. The molecule has 1 saturated heterocycles. The zero-order valence-corrected chi connectivity index (χ0v) is 20.8. The Labute approximate surface area is 181 Å². The molecule has 1 aromatic rings. The van der Waals surface area contributed by atoms with Crippen LogP contribution in [0.1, 0.15) is 45.7 Å². The van der Waals surface area contributed by atoms with Gasteiger partial charge >= 0.3 is 0 Å². The van der Waals surface area contributed by atoms with Crippen LogP contribution in [0.4, 0.5) is 0 Å². The topological polar surface area (TPSA) is 68.2 Å². The van der Waals surface area contributed by atoms with Crippen LogP contribution in [0.15, 0.2) is 12.1 Å². The van der Waals surface area contributed by atoms with Gasteiger partial charge in [-0.2, -0.15) is 0 Å². The normalized spacial score (nSPS) is 26.6. The Kier molecular flexibility index (Phi) is 5.80. The van der Waals surface area contributed by atoms with E-state index < -0.39 is 26.1 Å². The molecular formula is C23H37NO5Si. The number of hydrogen-bond acceptors (Lipinski definition) is 5. The Morgan fingerprint density at radius 2 is 1.73 bits per heavy atom. The van der Waals surface area contributed by atoms with E-state index in [1.165, 1.54) is 0 Å². The fraction of sp³-hybridized carbons (Fsp3) is 0.696. The first kappa shape index (κ1) is 23.1. The number of aliphatic hydroxyl groups excluding tert-OH is 1. The number of amides is 1. The molecule has 3 rings (SSSR count). The van der Waals surface area contributed by atoms with Gasteiger partial charge in [-0.1, -0.05) is 34.6 Å². The van der Waals surface area contributed by atoms with E-state index >= 15 is 0 Å². The molecule has 6 nitrogen and oxygen atoms in total. The van der Waals surface area contributed by atoms with E-state index in [0.717, 1.165) is 11.1 Å². The molecule has 0 bridgehead atoms. The molecule has 2 heterocycles. The van der Waals surface area contributed by atoms with Crippen LogP contribution in [0.5, 0.6) is 11.5 Å². The van der Waals surface area contributed by atoms with Gasteiger partial charge in [0, 0.05) is 6.54 Å². The molecule has 0 radical (unpaired) electrons. The molecule has 2 aliphatic rings. The van der Waals surface area contributed by atoms with Crippen molar-refractivity contribution < 1.29 is 23.8 Å². The molecular weight excluding hydrogens is 398 g/mol. The molecule has 1 fully saturated rings. The lowest BCUT2D eigenvalue weighted by molar-refractivity contribution is -0.138. The highest BCUT2D eigenvalue weighted by Gasteiger charge is 2.64. The number of carbonyl (C=O) groups is 1. The summed E-state index contributed by atoms with van der Waals surface area (Å²) in [5.74, 6) is 1.14. The van der Waals surface area contributed by atoms with E-state index in [2.05, 4.69) is 47.7 Å². The summed E-state index contributed by atoms with van der Waals surface area (Å²) in [4.78, 5) is 15.4. The second-order valence-corrected chi connectivity index (χ2v) is 15.1. The van der Waals surface area contributed by atoms with E-state index in [1.807, 2.05) is 17.0 Å². The summed E-state index contributed by atoms with van der Waals surface area (Å²) >= 11 is 0. The summed E-state index contributed by atoms with van der Waals surface area (Å²) in [6.45, 7) is 15.3. The second-order valence-electron chi connectivity index (χ2n) is 10.3. The quantitative estimate of drug-likeness (QED) is 0.714. The van der Waals surface area contributed by atoms with Crippen LogP contribution in [0.25, 0.3) is 0 Å². The van der Waals surface area contributed by atoms with Crippen LogP contribution in [0.2, 0.25) is 18.1 Å². The van der Waals surface area contributed by atoms with Crippen molar-refractivity contribution in [3.8, 4) is 11.5 Å². The molecule has 7 heteroatoms. The molecule has 168 valence electrons. The van der Waals surface area contributed by atoms with Gasteiger partial charge in [-0.15, -0.1) is 0 Å². The van der Waals surface area contributed by atoms with Crippen molar-refractivity contribution in [2.45, 2.75) is 76.9 Å². The summed E-state index contributed by atoms with van der Waals surface area (Å²) < 4.78 is 17.6. The number of benzene rings is 1. The van der Waals surface area contributed by atoms with Crippen LogP contribution in [0.3, 0.4) is 0 Å². The fourth-order valence-electron chi connectivity index (χ4n) is 4.77. The predicted octanol–water partition coefficient (Wildman–Crippen LogP) is 3.70. The highest BCUT2D eigenvalue weighted by Crippen LogP contribution is 2.53. The van der Waals surface area contributed by atoms with Crippen molar-refractivity contribution in [2.75, 3.05) is 20.8 Å². The Hall–Kier alpha value is -1.57. The molecule has 1 N–H and O–H groups in total. The zero-order valence-electron chi connectivity index (χ0n) is 19.8. The molecule has 1 amide bonds. The maximum atomic E-state index is 13.6. The number of fused-ring (bicyclic) bond motifs is 3. The van der Waals surface area contributed by atoms with Crippen molar-refractivity contribution >= 4 is 14.2 Å². The Balaban J connectivity index is 2.16. The van der Waals surface area contributed by atoms with E-state index in [9.17, 15) is 9.90 Å². The third-order valence-electron chi connectivity index (χ3n) is 7.45. The van der Waals surface area contributed by atoms with Crippen LogP contribution < -0.4 is 9.47 Å². The molecule has 3 atom stereocenters. The predicted molar refractivity (Wildman–Crippen MR) is 120 cm³/mol. The number of hydrogen-bond donors (Lipinski definition) is 1. The lowest BCUT2D eigenvalue weighted by Gasteiger charge is -2.48. The molecule has 0 spiro atoms. The van der Waals surface area contributed by atoms with Crippen LogP contribution >= 0.6 is 0 Å². The van der Waals surface area contributed by atoms with Crippen molar-refractivity contribution in [3.63, 3.8) is 0 Å². The SMILES string of the molecule is COc1cc2c(cc1OC)[C@]1(C(C)C)[C@H](O)[C@@H](O[Si](C)(C)C(C)(C)C)C(=O)N1CC2. The van der Waals surface area contributed by atoms with Gasteiger partial charge in [0.2, 0.25) is 0 Å². The van der Waals surface area contributed by atoms with Crippen molar-refractivity contribution in [1.29, 1.82) is 0 Å². The van der Waals surface area contributed by atoms with Crippen LogP contribution in [0, 0.1) is 5.92 Å². The number of aliphatic hydroxyl groups is 1. The summed E-state index contributed by atoms with van der Waals surface area (Å²) in [6.07, 6.45) is -1.11. The van der Waals surface area contributed by atoms with E-state index in [-0.39, 0.29) is 16.9 Å². The summed E-state index contributed by atoms with van der Waals surface area (Å²) in [7, 11) is 0.961. The van der Waals surface area contributed by atoms with Gasteiger partial charge in [0.25, 0.3) is 5.91 Å². The average Bonchev–Trinajstić information content (AvgIpc) is 2.88. The van der Waals surface area contributed by atoms with Gasteiger partial charge in [0.1, 0.15) is 6.10 Å². The largest absolute Gasteiger partial charge is 0.493 e. The van der Waals surface area contributed by atoms with Crippen LogP contribution in [-0.4, -0.2) is 57.2 Å². The molecule has 0 aromatic heterocycles. The van der Waals surface area contributed by atoms with Gasteiger partial charge < -0.3 is 23.9 Å². The second kappa shape index (κ2) is 7.53. The maximum Gasteiger partial charge on any atom is 0.254 e. The highest BCUT2D eigenvalue weighted by molar-refractivity contribution is 6.74. The number of rotatable bonds is 5. The van der Waals surface area contributed by atoms with Gasteiger partial charge in [0.15, 0.2) is 25.9 Å². The molecule has 2 aliphatic heterocycles. The molecule has 0 unspecified atom stereocenters. The monoisotopic (exact) mass is 435 g/mol. The van der Waals surface area contributed by atoms with Crippen molar-refractivity contribution in [2.24, 2.45) is 5.92 Å². The minimum Gasteiger partial charge on any atom is -0.493 e. The average molecular weight is 436 g/mol. The molecule has 1 aromatic carbocycles. The van der Waals surface area contributed by atoms with Crippen molar-refractivity contribution in [1.82, 2.24) is 4.90 Å².